The molecule has 3 aromatic rings. The summed E-state index contributed by atoms with van der Waals surface area (Å²) < 4.78 is 19.4. The molecular formula is C23H17ClFNO4. The number of hydrogen-bond donors (Lipinski definition) is 1. The summed E-state index contributed by atoms with van der Waals surface area (Å²) >= 11 is 6.13. The minimum absolute atomic E-state index is 0.0216. The van der Waals surface area contributed by atoms with Crippen LogP contribution in [0.2, 0.25) is 5.02 Å². The standard InChI is InChI=1S/C23H17ClFNO4/c1-13-7-8-15(11-18(13)25)21(27)19-20(14-4-2-5-16(24)10-14)26(23(29)22(19)28)12-17-6-3-9-30-17/h2-11,20,27H,12H2,1H3/t20-/m1/s1. The van der Waals surface area contributed by atoms with Crippen molar-refractivity contribution in [2.45, 2.75) is 19.5 Å². The number of carbonyl (C=O) groups excluding carboxylic acids is 2. The number of Topliss-reactive ketones (excluding diaryl/α,β-unsaturated/α-hetero) is 1. The second-order valence-corrected chi connectivity index (χ2v) is 7.46. The van der Waals surface area contributed by atoms with Crippen LogP contribution in [0.5, 0.6) is 0 Å². The van der Waals surface area contributed by atoms with Gasteiger partial charge in [-0.25, -0.2) is 4.39 Å². The largest absolute Gasteiger partial charge is 0.507 e. The Morgan fingerprint density at radius 2 is 1.97 bits per heavy atom. The molecular weight excluding hydrogens is 409 g/mol. The quantitative estimate of drug-likeness (QED) is 0.362. The highest BCUT2D eigenvalue weighted by Crippen LogP contribution is 2.41. The van der Waals surface area contributed by atoms with E-state index in [9.17, 15) is 19.1 Å². The van der Waals surface area contributed by atoms with Gasteiger partial charge in [-0.2, -0.15) is 0 Å². The van der Waals surface area contributed by atoms with Gasteiger partial charge in [-0.15, -0.1) is 0 Å². The summed E-state index contributed by atoms with van der Waals surface area (Å²) in [4.78, 5) is 27.1. The third-order valence-corrected chi connectivity index (χ3v) is 5.29. The predicted octanol–water partition coefficient (Wildman–Crippen LogP) is 5.00. The van der Waals surface area contributed by atoms with Crippen molar-refractivity contribution in [2.75, 3.05) is 0 Å². The molecule has 0 unspecified atom stereocenters. The van der Waals surface area contributed by atoms with Crippen molar-refractivity contribution >= 4 is 29.1 Å². The number of rotatable bonds is 4. The Labute approximate surface area is 177 Å². The van der Waals surface area contributed by atoms with Crippen LogP contribution >= 0.6 is 11.6 Å². The SMILES string of the molecule is Cc1ccc(C(O)=C2C(=O)C(=O)N(Cc3ccco3)[C@@H]2c2cccc(Cl)c2)cc1F. The number of likely N-dealkylation sites (tertiary alicyclic amines) is 1. The van der Waals surface area contributed by atoms with Gasteiger partial charge in [-0.3, -0.25) is 9.59 Å². The molecule has 1 fully saturated rings. The first-order chi connectivity index (χ1) is 14.4. The fourth-order valence-corrected chi connectivity index (χ4v) is 3.73. The first-order valence-corrected chi connectivity index (χ1v) is 9.57. The monoisotopic (exact) mass is 425 g/mol. The average molecular weight is 426 g/mol. The van der Waals surface area contributed by atoms with Gasteiger partial charge in [0, 0.05) is 10.6 Å². The van der Waals surface area contributed by atoms with Gasteiger partial charge in [-0.05, 0) is 48.4 Å². The summed E-state index contributed by atoms with van der Waals surface area (Å²) in [6.07, 6.45) is 1.47. The lowest BCUT2D eigenvalue weighted by Crippen LogP contribution is -2.29. The summed E-state index contributed by atoms with van der Waals surface area (Å²) in [5.41, 5.74) is 0.928. The van der Waals surface area contributed by atoms with Crippen LogP contribution in [-0.2, 0) is 16.1 Å². The third-order valence-electron chi connectivity index (χ3n) is 5.06. The first-order valence-electron chi connectivity index (χ1n) is 9.19. The Morgan fingerprint density at radius 1 is 1.17 bits per heavy atom. The van der Waals surface area contributed by atoms with Gasteiger partial charge >= 0.3 is 0 Å². The van der Waals surface area contributed by atoms with E-state index >= 15 is 0 Å². The Hall–Kier alpha value is -3.38. The smallest absolute Gasteiger partial charge is 0.296 e. The number of furan rings is 1. The molecule has 152 valence electrons. The molecule has 30 heavy (non-hydrogen) atoms. The maximum Gasteiger partial charge on any atom is 0.296 e. The summed E-state index contributed by atoms with van der Waals surface area (Å²) in [5, 5.41) is 11.3. The van der Waals surface area contributed by atoms with Gasteiger partial charge in [0.05, 0.1) is 24.4 Å². The molecule has 4 rings (SSSR count). The highest BCUT2D eigenvalue weighted by atomic mass is 35.5. The van der Waals surface area contributed by atoms with Crippen LogP contribution in [0.15, 0.2) is 70.9 Å². The topological polar surface area (TPSA) is 70.8 Å². The molecule has 1 N–H and O–H groups in total. The highest BCUT2D eigenvalue weighted by Gasteiger charge is 2.46. The Morgan fingerprint density at radius 3 is 2.63 bits per heavy atom. The summed E-state index contributed by atoms with van der Waals surface area (Å²) in [7, 11) is 0. The molecule has 1 aromatic heterocycles. The number of carbonyl (C=O) groups is 2. The van der Waals surface area contributed by atoms with Crippen molar-refractivity contribution in [2.24, 2.45) is 0 Å². The van der Waals surface area contributed by atoms with Crippen LogP contribution in [0.3, 0.4) is 0 Å². The fourth-order valence-electron chi connectivity index (χ4n) is 3.53. The number of aliphatic hydroxyl groups excluding tert-OH is 1. The molecule has 2 heterocycles. The van der Waals surface area contributed by atoms with E-state index < -0.39 is 29.3 Å². The molecule has 0 aliphatic carbocycles. The average Bonchev–Trinajstić information content (AvgIpc) is 3.32. The number of aliphatic hydroxyl groups is 1. The number of ketones is 1. The van der Waals surface area contributed by atoms with E-state index in [1.54, 1.807) is 43.3 Å². The molecule has 7 heteroatoms. The number of halogens is 2. The number of amides is 1. The van der Waals surface area contributed by atoms with Crippen molar-refractivity contribution in [3.8, 4) is 0 Å². The lowest BCUT2D eigenvalue weighted by Gasteiger charge is -2.24. The lowest BCUT2D eigenvalue weighted by atomic mass is 9.95. The van der Waals surface area contributed by atoms with Crippen LogP contribution in [0.1, 0.15) is 28.5 Å². The lowest BCUT2D eigenvalue weighted by molar-refractivity contribution is -0.140. The van der Waals surface area contributed by atoms with Crippen molar-refractivity contribution < 1.29 is 23.5 Å². The van der Waals surface area contributed by atoms with Gasteiger partial charge < -0.3 is 14.4 Å². The van der Waals surface area contributed by atoms with Gasteiger partial charge in [0.15, 0.2) is 0 Å². The summed E-state index contributed by atoms with van der Waals surface area (Å²) in [6.45, 7) is 1.61. The minimum atomic E-state index is -0.904. The van der Waals surface area contributed by atoms with Crippen LogP contribution in [-0.4, -0.2) is 21.7 Å². The van der Waals surface area contributed by atoms with Crippen LogP contribution in [0.4, 0.5) is 4.39 Å². The first kappa shape index (κ1) is 19.9. The van der Waals surface area contributed by atoms with Gasteiger partial charge in [0.25, 0.3) is 11.7 Å². The maximum atomic E-state index is 14.1. The Balaban J connectivity index is 1.89. The number of benzene rings is 2. The molecule has 1 aliphatic heterocycles. The maximum absolute atomic E-state index is 14.1. The molecule has 0 spiro atoms. The molecule has 1 atom stereocenters. The summed E-state index contributed by atoms with van der Waals surface area (Å²) in [5.74, 6) is -2.14. The van der Waals surface area contributed by atoms with E-state index in [2.05, 4.69) is 0 Å². The van der Waals surface area contributed by atoms with Crippen molar-refractivity contribution in [1.82, 2.24) is 4.90 Å². The number of hydrogen-bond acceptors (Lipinski definition) is 4. The second-order valence-electron chi connectivity index (χ2n) is 7.03. The molecule has 0 saturated carbocycles. The van der Waals surface area contributed by atoms with Crippen LogP contribution < -0.4 is 0 Å². The van der Waals surface area contributed by atoms with E-state index in [0.29, 0.717) is 21.9 Å². The molecule has 1 amide bonds. The van der Waals surface area contributed by atoms with Crippen molar-refractivity contribution in [3.05, 3.63) is 99.7 Å². The number of aryl methyl sites for hydroxylation is 1. The predicted molar refractivity (Wildman–Crippen MR) is 109 cm³/mol. The zero-order chi connectivity index (χ0) is 21.4. The molecule has 1 saturated heterocycles. The van der Waals surface area contributed by atoms with Crippen LogP contribution in [0, 0.1) is 12.7 Å². The zero-order valence-corrected chi connectivity index (χ0v) is 16.7. The highest BCUT2D eigenvalue weighted by molar-refractivity contribution is 6.46. The Bertz CT molecular complexity index is 1170. The zero-order valence-electron chi connectivity index (χ0n) is 15.9. The van der Waals surface area contributed by atoms with Gasteiger partial charge in [0.1, 0.15) is 17.3 Å². The molecule has 2 aromatic carbocycles. The van der Waals surface area contributed by atoms with E-state index in [1.165, 1.54) is 23.3 Å². The van der Waals surface area contributed by atoms with Gasteiger partial charge in [0.2, 0.25) is 0 Å². The van der Waals surface area contributed by atoms with Crippen LogP contribution in [0.25, 0.3) is 5.76 Å². The third kappa shape index (κ3) is 3.50. The normalized spacial score (nSPS) is 18.2. The molecule has 0 bridgehead atoms. The fraction of sp³-hybridized carbons (Fsp3) is 0.130. The van der Waals surface area contributed by atoms with Crippen molar-refractivity contribution in [3.63, 3.8) is 0 Å². The minimum Gasteiger partial charge on any atom is -0.507 e. The second kappa shape index (κ2) is 7.80. The van der Waals surface area contributed by atoms with E-state index in [-0.39, 0.29) is 17.7 Å². The van der Waals surface area contributed by atoms with E-state index in [1.807, 2.05) is 0 Å². The molecule has 5 nitrogen and oxygen atoms in total. The van der Waals surface area contributed by atoms with Gasteiger partial charge in [-0.1, -0.05) is 35.9 Å². The Kier molecular flexibility index (Phi) is 5.18. The van der Waals surface area contributed by atoms with E-state index in [4.69, 9.17) is 16.0 Å². The van der Waals surface area contributed by atoms with E-state index in [0.717, 1.165) is 6.07 Å². The summed E-state index contributed by atoms with van der Waals surface area (Å²) in [6, 6.07) is 13.3. The molecule has 0 radical (unpaired) electrons. The molecule has 1 aliphatic rings. The van der Waals surface area contributed by atoms with Crippen molar-refractivity contribution in [1.29, 1.82) is 0 Å². The number of nitrogens with zero attached hydrogens (tertiary/aromatic N) is 1.